The summed E-state index contributed by atoms with van der Waals surface area (Å²) < 4.78 is 34.4. The molecule has 12 nitrogen and oxygen atoms in total. The van der Waals surface area contributed by atoms with Crippen LogP contribution < -0.4 is 4.74 Å². The van der Waals surface area contributed by atoms with Crippen molar-refractivity contribution in [3.63, 3.8) is 0 Å². The summed E-state index contributed by atoms with van der Waals surface area (Å²) in [7, 11) is 1.12. The minimum absolute atomic E-state index is 0.315. The number of hydrogen-bond donors (Lipinski definition) is 3. The van der Waals surface area contributed by atoms with Crippen LogP contribution in [0.15, 0.2) is 30.3 Å². The maximum absolute atomic E-state index is 13.9. The van der Waals surface area contributed by atoms with Crippen LogP contribution in [-0.4, -0.2) is 93.9 Å². The second kappa shape index (κ2) is 8.60. The standard InChI is InChI=1S/C28H32O12S/c1-12-20(31)38-18-16(30)26-17-14(29)15(24(2,3)4)25(26,11-36-28(26,22(33)39-17)27(12,18)34)19(21(32)35-5)40-23(41)37-13-9-7-6-8-10-13/h6-10,12,14-19,29-30,34H,11H2,1-5H3/t12-,14-,15+,16+,17?,18?,19?,25?,26?,27-,28?/m1/s1. The highest BCUT2D eigenvalue weighted by Gasteiger charge is 3.02. The van der Waals surface area contributed by atoms with Crippen molar-refractivity contribution in [2.24, 2.45) is 28.1 Å². The summed E-state index contributed by atoms with van der Waals surface area (Å²) in [5.41, 5.74) is -9.50. The number of carbonyl (C=O) groups excluding carboxylic acids is 3. The normalized spacial score (nSPS) is 44.4. The predicted octanol–water partition coefficient (Wildman–Crippen LogP) is 0.280. The van der Waals surface area contributed by atoms with E-state index in [0.29, 0.717) is 5.75 Å². The van der Waals surface area contributed by atoms with Crippen molar-refractivity contribution in [2.75, 3.05) is 13.7 Å². The van der Waals surface area contributed by atoms with Gasteiger partial charge in [0.2, 0.25) is 11.7 Å². The molecule has 41 heavy (non-hydrogen) atoms. The molecule has 1 aromatic carbocycles. The molecule has 6 rings (SSSR count). The number of hydrogen-bond acceptors (Lipinski definition) is 13. The predicted molar refractivity (Wildman–Crippen MR) is 139 cm³/mol. The summed E-state index contributed by atoms with van der Waals surface area (Å²) >= 11 is 5.38. The second-order valence-corrected chi connectivity index (χ2v) is 12.9. The molecule has 13 heteroatoms. The van der Waals surface area contributed by atoms with Crippen molar-refractivity contribution in [2.45, 2.75) is 69.4 Å². The van der Waals surface area contributed by atoms with E-state index in [1.807, 2.05) is 0 Å². The van der Waals surface area contributed by atoms with Gasteiger partial charge in [-0.15, -0.1) is 0 Å². The quantitative estimate of drug-likeness (QED) is 0.248. The second-order valence-electron chi connectivity index (χ2n) is 12.6. The monoisotopic (exact) mass is 592 g/mol. The minimum atomic E-state index is -2.40. The van der Waals surface area contributed by atoms with E-state index in [1.165, 1.54) is 6.92 Å². The summed E-state index contributed by atoms with van der Waals surface area (Å²) in [5.74, 6) is -4.87. The first-order valence-electron chi connectivity index (χ1n) is 13.3. The number of aliphatic hydroxyl groups is 3. The molecule has 222 valence electrons. The summed E-state index contributed by atoms with van der Waals surface area (Å²) in [5, 5.41) is 35.8. The average Bonchev–Trinajstić information content (AvgIpc) is 3.57. The van der Waals surface area contributed by atoms with Gasteiger partial charge >= 0.3 is 23.1 Å². The van der Waals surface area contributed by atoms with Crippen LogP contribution in [0.4, 0.5) is 0 Å². The molecule has 5 aliphatic rings. The van der Waals surface area contributed by atoms with Gasteiger partial charge in [-0.25, -0.2) is 9.59 Å². The number of fused-ring (bicyclic) bond motifs is 1. The molecule has 3 heterocycles. The van der Waals surface area contributed by atoms with Gasteiger partial charge in [0.1, 0.15) is 18.0 Å². The zero-order valence-corrected chi connectivity index (χ0v) is 23.9. The average molecular weight is 593 g/mol. The highest BCUT2D eigenvalue weighted by molar-refractivity contribution is 7.79. The van der Waals surface area contributed by atoms with Crippen molar-refractivity contribution >= 4 is 35.4 Å². The molecule has 5 fully saturated rings. The number of ether oxygens (including phenoxy) is 6. The summed E-state index contributed by atoms with van der Waals surface area (Å²) in [4.78, 5) is 40.2. The van der Waals surface area contributed by atoms with E-state index in [9.17, 15) is 29.7 Å². The van der Waals surface area contributed by atoms with Crippen molar-refractivity contribution in [1.29, 1.82) is 0 Å². The van der Waals surface area contributed by atoms with E-state index in [-0.39, 0.29) is 0 Å². The number of thiocarbonyl (C=S) groups is 1. The molecule has 1 aromatic rings. The van der Waals surface area contributed by atoms with Gasteiger partial charge in [0.25, 0.3) is 0 Å². The molecule has 3 N–H and O–H groups in total. The number of rotatable bonds is 4. The number of aliphatic hydroxyl groups excluding tert-OH is 2. The van der Waals surface area contributed by atoms with Gasteiger partial charge in [-0.2, -0.15) is 0 Å². The van der Waals surface area contributed by atoms with Gasteiger partial charge in [-0.05, 0) is 24.5 Å². The van der Waals surface area contributed by atoms with Crippen LogP contribution in [0.5, 0.6) is 5.75 Å². The Kier molecular flexibility index (Phi) is 5.93. The highest BCUT2D eigenvalue weighted by atomic mass is 32.1. The molecule has 2 saturated carbocycles. The number of methoxy groups -OCH3 is 1. The third-order valence-corrected chi connectivity index (χ3v) is 10.2. The number of carbonyl (C=O) groups is 3. The molecule has 0 radical (unpaired) electrons. The number of para-hydroxylation sites is 1. The van der Waals surface area contributed by atoms with Crippen molar-refractivity contribution in [3.05, 3.63) is 30.3 Å². The van der Waals surface area contributed by atoms with Crippen LogP contribution in [0.25, 0.3) is 0 Å². The third-order valence-electron chi connectivity index (χ3n) is 10.0. The van der Waals surface area contributed by atoms with Gasteiger partial charge in [0, 0.05) is 18.1 Å². The lowest BCUT2D eigenvalue weighted by Crippen LogP contribution is -2.68. The number of benzene rings is 1. The summed E-state index contributed by atoms with van der Waals surface area (Å²) in [6.07, 6.45) is -8.13. The molecule has 3 saturated heterocycles. The first-order valence-corrected chi connectivity index (χ1v) is 13.7. The lowest BCUT2D eigenvalue weighted by molar-refractivity contribution is -0.198. The van der Waals surface area contributed by atoms with E-state index >= 15 is 0 Å². The molecule has 0 bridgehead atoms. The Balaban J connectivity index is 1.59. The van der Waals surface area contributed by atoms with Crippen molar-refractivity contribution in [3.8, 4) is 5.75 Å². The first-order chi connectivity index (χ1) is 19.2. The van der Waals surface area contributed by atoms with Crippen LogP contribution in [0.1, 0.15) is 27.7 Å². The largest absolute Gasteiger partial charge is 0.466 e. The summed E-state index contributed by atoms with van der Waals surface area (Å²) in [6.45, 7) is 6.28. The maximum Gasteiger partial charge on any atom is 0.358 e. The van der Waals surface area contributed by atoms with Crippen LogP contribution in [0.3, 0.4) is 0 Å². The van der Waals surface area contributed by atoms with Crippen LogP contribution >= 0.6 is 12.2 Å². The molecule has 3 aliphatic heterocycles. The van der Waals surface area contributed by atoms with Gasteiger partial charge in [-0.3, -0.25) is 4.79 Å². The number of esters is 3. The fraction of sp³-hybridized carbons (Fsp3) is 0.643. The topological polar surface area (TPSA) is 167 Å². The van der Waals surface area contributed by atoms with E-state index in [2.05, 4.69) is 0 Å². The Morgan fingerprint density at radius 1 is 1.12 bits per heavy atom. The van der Waals surface area contributed by atoms with Crippen LogP contribution in [-0.2, 0) is 38.1 Å². The van der Waals surface area contributed by atoms with Gasteiger partial charge < -0.3 is 43.7 Å². The molecule has 6 unspecified atom stereocenters. The van der Waals surface area contributed by atoms with E-state index in [0.717, 1.165) is 7.11 Å². The lowest BCUT2D eigenvalue weighted by atomic mass is 9.50. The lowest BCUT2D eigenvalue weighted by Gasteiger charge is -2.50. The molecule has 0 amide bonds. The van der Waals surface area contributed by atoms with Crippen LogP contribution in [0.2, 0.25) is 0 Å². The Hall–Kier alpha value is -2.84. The van der Waals surface area contributed by atoms with E-state index in [1.54, 1.807) is 51.1 Å². The summed E-state index contributed by atoms with van der Waals surface area (Å²) in [6, 6.07) is 8.42. The smallest absolute Gasteiger partial charge is 0.358 e. The Morgan fingerprint density at radius 2 is 1.78 bits per heavy atom. The SMILES string of the molecule is COC(=O)C(OC(=S)Oc1ccccc1)C12COC34C(=O)OC([C@H](O)[C@H]1C(C)(C)C)C23[C@@H](O)C1OC(=O)[C@@H](C)[C@@]14O. The van der Waals surface area contributed by atoms with Crippen LogP contribution in [0, 0.1) is 28.1 Å². The Morgan fingerprint density at radius 3 is 2.39 bits per heavy atom. The van der Waals surface area contributed by atoms with Gasteiger partial charge in [-0.1, -0.05) is 39.0 Å². The zero-order chi connectivity index (χ0) is 29.9. The molecule has 11 atom stereocenters. The maximum atomic E-state index is 13.9. The highest BCUT2D eigenvalue weighted by Crippen LogP contribution is 2.82. The third kappa shape index (κ3) is 2.93. The molecular weight excluding hydrogens is 560 g/mol. The first kappa shape index (κ1) is 28.3. The van der Waals surface area contributed by atoms with Crippen molar-refractivity contribution in [1.82, 2.24) is 0 Å². The zero-order valence-electron chi connectivity index (χ0n) is 23.1. The van der Waals surface area contributed by atoms with E-state index in [4.69, 9.17) is 40.6 Å². The fourth-order valence-corrected chi connectivity index (χ4v) is 9.11. The Labute approximate surface area is 240 Å². The van der Waals surface area contributed by atoms with Gasteiger partial charge in [0.05, 0.1) is 36.6 Å². The van der Waals surface area contributed by atoms with Gasteiger partial charge in [0.15, 0.2) is 11.7 Å². The van der Waals surface area contributed by atoms with Crippen molar-refractivity contribution < 1.29 is 58.1 Å². The minimum Gasteiger partial charge on any atom is -0.466 e. The Bertz CT molecular complexity index is 1330. The van der Waals surface area contributed by atoms with E-state index < -0.39 is 99.6 Å². The molecular formula is C28H32O12S. The fourth-order valence-electron chi connectivity index (χ4n) is 8.92. The molecule has 0 aromatic heterocycles. The molecule has 2 aliphatic carbocycles. The molecule has 1 spiro atoms.